The van der Waals surface area contributed by atoms with Crippen molar-refractivity contribution in [3.8, 4) is 5.69 Å². The van der Waals surface area contributed by atoms with Crippen LogP contribution in [0.4, 0.5) is 0 Å². The van der Waals surface area contributed by atoms with Gasteiger partial charge in [0, 0.05) is 10.7 Å². The summed E-state index contributed by atoms with van der Waals surface area (Å²) in [6, 6.07) is 3.72. The molecule has 0 amide bonds. The first-order chi connectivity index (χ1) is 6.66. The van der Waals surface area contributed by atoms with Gasteiger partial charge in [-0.15, -0.1) is 0 Å². The molecule has 0 aliphatic heterocycles. The fraction of sp³-hybridized carbons (Fsp3) is 0.111. The Bertz CT molecular complexity index is 467. The minimum atomic E-state index is 0.586. The number of rotatable bonds is 1. The average molecular weight is 273 g/mol. The van der Waals surface area contributed by atoms with E-state index in [0.717, 1.165) is 15.9 Å². The summed E-state index contributed by atoms with van der Waals surface area (Å²) in [6.45, 7) is 1.90. The molecule has 0 saturated carbocycles. The van der Waals surface area contributed by atoms with E-state index >= 15 is 0 Å². The standard InChI is InChI=1S/C9H7BrClN3/c1-6-2-9(11)14(13-6)8-3-7(10)4-12-5-8/h2-5H,1H3. The number of hydrogen-bond donors (Lipinski definition) is 0. The number of aromatic nitrogens is 3. The summed E-state index contributed by atoms with van der Waals surface area (Å²) in [5, 5.41) is 4.83. The van der Waals surface area contributed by atoms with Gasteiger partial charge in [-0.3, -0.25) is 4.98 Å². The van der Waals surface area contributed by atoms with E-state index in [4.69, 9.17) is 11.6 Å². The second-order valence-electron chi connectivity index (χ2n) is 2.88. The molecular weight excluding hydrogens is 265 g/mol. The van der Waals surface area contributed by atoms with Gasteiger partial charge in [0.15, 0.2) is 0 Å². The first-order valence-electron chi connectivity index (χ1n) is 4.00. The predicted molar refractivity (Wildman–Crippen MR) is 58.8 cm³/mol. The molecule has 0 fully saturated rings. The lowest BCUT2D eigenvalue weighted by molar-refractivity contribution is 0.856. The summed E-state index contributed by atoms with van der Waals surface area (Å²) < 4.78 is 2.55. The zero-order valence-electron chi connectivity index (χ0n) is 7.41. The van der Waals surface area contributed by atoms with Crippen molar-refractivity contribution in [2.24, 2.45) is 0 Å². The number of pyridine rings is 1. The van der Waals surface area contributed by atoms with Crippen LogP contribution in [0.1, 0.15) is 5.69 Å². The fourth-order valence-electron chi connectivity index (χ4n) is 1.17. The van der Waals surface area contributed by atoms with Gasteiger partial charge in [0.25, 0.3) is 0 Å². The fourth-order valence-corrected chi connectivity index (χ4v) is 1.81. The molecule has 0 bridgehead atoms. The minimum absolute atomic E-state index is 0.586. The Balaban J connectivity index is 2.54. The van der Waals surface area contributed by atoms with Crippen molar-refractivity contribution >= 4 is 27.5 Å². The van der Waals surface area contributed by atoms with Crippen LogP contribution in [-0.4, -0.2) is 14.8 Å². The maximum Gasteiger partial charge on any atom is 0.133 e. The van der Waals surface area contributed by atoms with Crippen molar-refractivity contribution in [1.29, 1.82) is 0 Å². The maximum atomic E-state index is 5.99. The van der Waals surface area contributed by atoms with Gasteiger partial charge < -0.3 is 0 Å². The van der Waals surface area contributed by atoms with Gasteiger partial charge in [0.05, 0.1) is 17.6 Å². The van der Waals surface area contributed by atoms with E-state index in [9.17, 15) is 0 Å². The highest BCUT2D eigenvalue weighted by Gasteiger charge is 2.05. The topological polar surface area (TPSA) is 30.7 Å². The van der Waals surface area contributed by atoms with E-state index in [-0.39, 0.29) is 0 Å². The highest BCUT2D eigenvalue weighted by atomic mass is 79.9. The molecule has 2 rings (SSSR count). The molecule has 2 heterocycles. The third-order valence-electron chi connectivity index (χ3n) is 1.72. The Morgan fingerprint density at radius 2 is 2.14 bits per heavy atom. The zero-order chi connectivity index (χ0) is 10.1. The molecule has 72 valence electrons. The largest absolute Gasteiger partial charge is 0.261 e. The second-order valence-corrected chi connectivity index (χ2v) is 4.18. The summed E-state index contributed by atoms with van der Waals surface area (Å²) >= 11 is 9.33. The number of nitrogens with zero attached hydrogens (tertiary/aromatic N) is 3. The first-order valence-corrected chi connectivity index (χ1v) is 5.17. The lowest BCUT2D eigenvalue weighted by atomic mass is 10.4. The van der Waals surface area contributed by atoms with Crippen LogP contribution in [0.5, 0.6) is 0 Å². The molecule has 5 heteroatoms. The van der Waals surface area contributed by atoms with Crippen LogP contribution in [0.3, 0.4) is 0 Å². The quantitative estimate of drug-likeness (QED) is 0.799. The van der Waals surface area contributed by atoms with Crippen LogP contribution in [0.25, 0.3) is 5.69 Å². The lowest BCUT2D eigenvalue weighted by Gasteiger charge is -2.01. The summed E-state index contributed by atoms with van der Waals surface area (Å²) in [5.74, 6) is 0. The van der Waals surface area contributed by atoms with Crippen LogP contribution in [0.15, 0.2) is 29.0 Å². The Kier molecular flexibility index (Phi) is 2.56. The summed E-state index contributed by atoms with van der Waals surface area (Å²) in [6.07, 6.45) is 3.43. The second kappa shape index (κ2) is 3.71. The molecule has 0 unspecified atom stereocenters. The molecule has 2 aromatic heterocycles. The van der Waals surface area contributed by atoms with Crippen LogP contribution < -0.4 is 0 Å². The molecular formula is C9H7BrClN3. The molecule has 0 aliphatic rings. The summed E-state index contributed by atoms with van der Waals surface area (Å²) in [4.78, 5) is 4.04. The molecule has 0 aromatic carbocycles. The molecule has 2 aromatic rings. The Morgan fingerprint density at radius 3 is 2.71 bits per heavy atom. The average Bonchev–Trinajstić information content (AvgIpc) is 2.45. The molecule has 3 nitrogen and oxygen atoms in total. The van der Waals surface area contributed by atoms with Crippen molar-refractivity contribution in [3.63, 3.8) is 0 Å². The highest BCUT2D eigenvalue weighted by molar-refractivity contribution is 9.10. The van der Waals surface area contributed by atoms with Gasteiger partial charge in [0.2, 0.25) is 0 Å². The molecule has 14 heavy (non-hydrogen) atoms. The van der Waals surface area contributed by atoms with Gasteiger partial charge >= 0.3 is 0 Å². The Morgan fingerprint density at radius 1 is 1.36 bits per heavy atom. The molecule has 0 radical (unpaired) electrons. The maximum absolute atomic E-state index is 5.99. The summed E-state index contributed by atoms with van der Waals surface area (Å²) in [5.41, 5.74) is 1.73. The number of aryl methyl sites for hydroxylation is 1. The van der Waals surface area contributed by atoms with Crippen LogP contribution >= 0.6 is 27.5 Å². The van der Waals surface area contributed by atoms with Crippen LogP contribution in [0.2, 0.25) is 5.15 Å². The predicted octanol–water partition coefficient (Wildman–Crippen LogP) is 2.99. The lowest BCUT2D eigenvalue weighted by Crippen LogP contribution is -1.97. The molecule has 0 atom stereocenters. The zero-order valence-corrected chi connectivity index (χ0v) is 9.75. The van der Waals surface area contributed by atoms with Gasteiger partial charge in [-0.2, -0.15) is 5.10 Å². The third-order valence-corrected chi connectivity index (χ3v) is 2.43. The van der Waals surface area contributed by atoms with Crippen molar-refractivity contribution in [2.75, 3.05) is 0 Å². The first kappa shape index (κ1) is 9.68. The Hall–Kier alpha value is -0.870. The van der Waals surface area contributed by atoms with E-state index in [1.165, 1.54) is 0 Å². The van der Waals surface area contributed by atoms with Crippen LogP contribution in [0, 0.1) is 6.92 Å². The van der Waals surface area contributed by atoms with Crippen molar-refractivity contribution in [3.05, 3.63) is 39.8 Å². The molecule has 0 saturated heterocycles. The van der Waals surface area contributed by atoms with E-state index in [0.29, 0.717) is 5.15 Å². The number of hydrogen-bond acceptors (Lipinski definition) is 2. The van der Waals surface area contributed by atoms with E-state index < -0.39 is 0 Å². The van der Waals surface area contributed by atoms with Gasteiger partial charge in [0.1, 0.15) is 5.15 Å². The van der Waals surface area contributed by atoms with E-state index in [2.05, 4.69) is 26.0 Å². The SMILES string of the molecule is Cc1cc(Cl)n(-c2cncc(Br)c2)n1. The molecule has 0 aliphatic carbocycles. The molecule has 0 N–H and O–H groups in total. The number of halogens is 2. The third kappa shape index (κ3) is 1.81. The van der Waals surface area contributed by atoms with Crippen molar-refractivity contribution in [2.45, 2.75) is 6.92 Å². The van der Waals surface area contributed by atoms with Crippen molar-refractivity contribution < 1.29 is 0 Å². The van der Waals surface area contributed by atoms with Gasteiger partial charge in [-0.25, -0.2) is 4.68 Å². The smallest absolute Gasteiger partial charge is 0.133 e. The minimum Gasteiger partial charge on any atom is -0.261 e. The van der Waals surface area contributed by atoms with Gasteiger partial charge in [-0.05, 0) is 35.0 Å². The monoisotopic (exact) mass is 271 g/mol. The van der Waals surface area contributed by atoms with E-state index in [1.54, 1.807) is 17.1 Å². The summed E-state index contributed by atoms with van der Waals surface area (Å²) in [7, 11) is 0. The van der Waals surface area contributed by atoms with E-state index in [1.807, 2.05) is 19.1 Å². The van der Waals surface area contributed by atoms with Crippen molar-refractivity contribution in [1.82, 2.24) is 14.8 Å². The highest BCUT2D eigenvalue weighted by Crippen LogP contribution is 2.18. The molecule has 0 spiro atoms. The Labute approximate surface area is 94.9 Å². The normalized spacial score (nSPS) is 10.5. The van der Waals surface area contributed by atoms with Gasteiger partial charge in [-0.1, -0.05) is 11.6 Å². The van der Waals surface area contributed by atoms with Crippen LogP contribution in [-0.2, 0) is 0 Å².